The summed E-state index contributed by atoms with van der Waals surface area (Å²) in [6, 6.07) is 9.82. The second-order valence-corrected chi connectivity index (χ2v) is 10.5. The van der Waals surface area contributed by atoms with Gasteiger partial charge in [-0.1, -0.05) is 17.8 Å². The number of carbonyl (C=O) groups excluding carboxylic acids is 1. The minimum absolute atomic E-state index is 0. The Hall–Kier alpha value is -2.49. The fourth-order valence-electron chi connectivity index (χ4n) is 5.28. The summed E-state index contributed by atoms with van der Waals surface area (Å²) in [5.74, 6) is 0.929. The van der Waals surface area contributed by atoms with Crippen LogP contribution in [0, 0.1) is 17.6 Å². The summed E-state index contributed by atoms with van der Waals surface area (Å²) in [5.41, 5.74) is 2.56. The van der Waals surface area contributed by atoms with Crippen LogP contribution in [0.3, 0.4) is 0 Å². The highest BCUT2D eigenvalue weighted by molar-refractivity contribution is 7.99. The van der Waals surface area contributed by atoms with E-state index in [1.54, 1.807) is 25.8 Å². The monoisotopic (exact) mass is 534 g/mol. The molecule has 1 saturated carbocycles. The zero-order chi connectivity index (χ0) is 24.7. The number of hydrogen-bond acceptors (Lipinski definition) is 6. The molecular weight excluding hydrogens is 506 g/mol. The SMILES string of the molecule is COc1ccc(C23C[C@@H]2CN(CCCSc2nnc(-c4ccc(F)c(F)c4)n2C)C3)cc1C(C)=O.Cl. The number of fused-ring (bicyclic) bond motifs is 1. The number of ether oxygens (including phenoxy) is 1. The minimum atomic E-state index is -0.895. The Morgan fingerprint density at radius 1 is 1.19 bits per heavy atom. The summed E-state index contributed by atoms with van der Waals surface area (Å²) in [7, 11) is 3.43. The maximum Gasteiger partial charge on any atom is 0.191 e. The van der Waals surface area contributed by atoms with Gasteiger partial charge in [-0.05, 0) is 68.1 Å². The summed E-state index contributed by atoms with van der Waals surface area (Å²) >= 11 is 1.61. The smallest absolute Gasteiger partial charge is 0.191 e. The summed E-state index contributed by atoms with van der Waals surface area (Å²) < 4.78 is 34.0. The number of hydrogen-bond donors (Lipinski definition) is 0. The van der Waals surface area contributed by atoms with Crippen molar-refractivity contribution in [2.24, 2.45) is 13.0 Å². The van der Waals surface area contributed by atoms with Crippen LogP contribution in [0.5, 0.6) is 5.75 Å². The van der Waals surface area contributed by atoms with Crippen LogP contribution in [0.1, 0.15) is 35.7 Å². The molecule has 2 heterocycles. The molecule has 3 aromatic rings. The van der Waals surface area contributed by atoms with Gasteiger partial charge in [-0.15, -0.1) is 22.6 Å². The number of benzene rings is 2. The predicted molar refractivity (Wildman–Crippen MR) is 138 cm³/mol. The van der Waals surface area contributed by atoms with Gasteiger partial charge < -0.3 is 14.2 Å². The van der Waals surface area contributed by atoms with Crippen LogP contribution >= 0.6 is 24.2 Å². The van der Waals surface area contributed by atoms with Crippen LogP contribution in [-0.4, -0.2) is 57.9 Å². The van der Waals surface area contributed by atoms with Gasteiger partial charge in [0.1, 0.15) is 5.75 Å². The van der Waals surface area contributed by atoms with Crippen molar-refractivity contribution in [2.45, 2.75) is 30.3 Å². The van der Waals surface area contributed by atoms with Gasteiger partial charge in [0, 0.05) is 36.9 Å². The lowest BCUT2D eigenvalue weighted by molar-refractivity contribution is 0.101. The van der Waals surface area contributed by atoms with Gasteiger partial charge >= 0.3 is 0 Å². The summed E-state index contributed by atoms with van der Waals surface area (Å²) in [5, 5.41) is 9.14. The highest BCUT2D eigenvalue weighted by Gasteiger charge is 2.60. The lowest BCUT2D eigenvalue weighted by atomic mass is 9.92. The van der Waals surface area contributed by atoms with E-state index in [4.69, 9.17) is 4.74 Å². The zero-order valence-electron chi connectivity index (χ0n) is 20.5. The molecule has 2 atom stereocenters. The van der Waals surface area contributed by atoms with Gasteiger partial charge in [0.25, 0.3) is 0 Å². The van der Waals surface area contributed by atoms with E-state index in [0.29, 0.717) is 28.6 Å². The second kappa shape index (κ2) is 10.5. The lowest BCUT2D eigenvalue weighted by Crippen LogP contribution is -2.28. The largest absolute Gasteiger partial charge is 0.496 e. The Morgan fingerprint density at radius 3 is 2.72 bits per heavy atom. The third-order valence-electron chi connectivity index (χ3n) is 7.23. The van der Waals surface area contributed by atoms with E-state index in [1.807, 2.05) is 23.7 Å². The van der Waals surface area contributed by atoms with Gasteiger partial charge in [0.2, 0.25) is 0 Å². The number of likely N-dealkylation sites (tertiary alicyclic amines) is 1. The molecule has 0 N–H and O–H groups in total. The molecule has 5 rings (SSSR count). The number of aromatic nitrogens is 3. The normalized spacial score (nSPS) is 20.6. The maximum atomic E-state index is 13.6. The van der Waals surface area contributed by atoms with E-state index < -0.39 is 11.6 Å². The number of halogens is 3. The summed E-state index contributed by atoms with van der Waals surface area (Å²) in [6.07, 6.45) is 2.18. The average molecular weight is 535 g/mol. The third-order valence-corrected chi connectivity index (χ3v) is 8.34. The van der Waals surface area contributed by atoms with E-state index in [1.165, 1.54) is 18.1 Å². The first kappa shape index (κ1) is 26.6. The van der Waals surface area contributed by atoms with Crippen LogP contribution in [0.4, 0.5) is 8.78 Å². The minimum Gasteiger partial charge on any atom is -0.496 e. The topological polar surface area (TPSA) is 60.2 Å². The molecule has 0 spiro atoms. The van der Waals surface area contributed by atoms with Crippen molar-refractivity contribution in [3.8, 4) is 17.1 Å². The fourth-order valence-corrected chi connectivity index (χ4v) is 6.11. The molecule has 2 fully saturated rings. The van der Waals surface area contributed by atoms with Crippen LogP contribution in [-0.2, 0) is 12.5 Å². The highest BCUT2D eigenvalue weighted by Crippen LogP contribution is 2.59. The number of ketones is 1. The Labute approximate surface area is 219 Å². The first-order chi connectivity index (χ1) is 16.8. The molecule has 6 nitrogen and oxygen atoms in total. The maximum absolute atomic E-state index is 13.6. The molecule has 36 heavy (non-hydrogen) atoms. The first-order valence-corrected chi connectivity index (χ1v) is 12.7. The molecule has 1 aliphatic heterocycles. The van der Waals surface area contributed by atoms with E-state index in [-0.39, 0.29) is 23.6 Å². The van der Waals surface area contributed by atoms with Crippen molar-refractivity contribution >= 4 is 30.0 Å². The standard InChI is InChI=1S/C26H28F2N4O2S.ClH/c1-16(33)20-12-18(6-8-23(20)34-3)26-13-19(26)14-32(15-26)9-4-10-35-25-30-29-24(31(25)2)17-5-7-21(27)22(28)11-17;/h5-8,11-12,19H,4,9-10,13-15H2,1-3H3;1H/t19-,26?;/m1./s1. The lowest BCUT2D eigenvalue weighted by Gasteiger charge is -2.21. The van der Waals surface area contributed by atoms with Gasteiger partial charge in [0.15, 0.2) is 28.4 Å². The van der Waals surface area contributed by atoms with Crippen molar-refractivity contribution in [3.05, 3.63) is 59.2 Å². The molecule has 0 bridgehead atoms. The Bertz CT molecular complexity index is 1290. The zero-order valence-corrected chi connectivity index (χ0v) is 22.1. The molecule has 2 aliphatic rings. The molecule has 1 aliphatic carbocycles. The van der Waals surface area contributed by atoms with Gasteiger partial charge in [-0.2, -0.15) is 0 Å². The number of Topliss-reactive ketones (excluding diaryl/α,β-unsaturated/α-hetero) is 1. The van der Waals surface area contributed by atoms with Crippen LogP contribution in [0.25, 0.3) is 11.4 Å². The molecule has 0 amide bonds. The fraction of sp³-hybridized carbons (Fsp3) is 0.423. The molecule has 2 aromatic carbocycles. The highest BCUT2D eigenvalue weighted by atomic mass is 35.5. The first-order valence-electron chi connectivity index (χ1n) is 11.7. The quantitative estimate of drug-likeness (QED) is 0.215. The van der Waals surface area contributed by atoms with Crippen LogP contribution < -0.4 is 4.74 Å². The Morgan fingerprint density at radius 2 is 2.00 bits per heavy atom. The van der Waals surface area contributed by atoms with Gasteiger partial charge in [-0.3, -0.25) is 4.79 Å². The van der Waals surface area contributed by atoms with Crippen molar-refractivity contribution in [3.63, 3.8) is 0 Å². The number of rotatable bonds is 9. The van der Waals surface area contributed by atoms with Crippen molar-refractivity contribution < 1.29 is 18.3 Å². The van der Waals surface area contributed by atoms with E-state index in [0.717, 1.165) is 49.1 Å². The van der Waals surface area contributed by atoms with Crippen molar-refractivity contribution in [1.82, 2.24) is 19.7 Å². The van der Waals surface area contributed by atoms with Crippen molar-refractivity contribution in [2.75, 3.05) is 32.5 Å². The number of carbonyl (C=O) groups is 1. The summed E-state index contributed by atoms with van der Waals surface area (Å²) in [6.45, 7) is 4.67. The average Bonchev–Trinajstić information content (AvgIpc) is 3.22. The van der Waals surface area contributed by atoms with Crippen molar-refractivity contribution in [1.29, 1.82) is 0 Å². The molecule has 192 valence electrons. The van der Waals surface area contributed by atoms with Crippen LogP contribution in [0.2, 0.25) is 0 Å². The molecule has 10 heteroatoms. The molecule has 1 unspecified atom stereocenters. The Kier molecular flexibility index (Phi) is 7.73. The molecule has 1 saturated heterocycles. The molecule has 1 aromatic heterocycles. The Balaban J connectivity index is 0.00000304. The number of thioether (sulfide) groups is 1. The number of nitrogens with zero attached hydrogens (tertiary/aromatic N) is 4. The van der Waals surface area contributed by atoms with Crippen LogP contribution in [0.15, 0.2) is 41.6 Å². The molecular formula is C26H29ClF2N4O2S. The van der Waals surface area contributed by atoms with E-state index in [2.05, 4.69) is 21.2 Å². The van der Waals surface area contributed by atoms with Gasteiger partial charge in [0.05, 0.1) is 12.7 Å². The number of piperidine rings is 1. The molecule has 0 radical (unpaired) electrons. The number of methoxy groups -OCH3 is 1. The van der Waals surface area contributed by atoms with E-state index >= 15 is 0 Å². The predicted octanol–water partition coefficient (Wildman–Crippen LogP) is 5.15. The van der Waals surface area contributed by atoms with E-state index in [9.17, 15) is 13.6 Å². The second-order valence-electron chi connectivity index (χ2n) is 9.46. The summed E-state index contributed by atoms with van der Waals surface area (Å²) in [4.78, 5) is 14.6. The third kappa shape index (κ3) is 4.88. The van der Waals surface area contributed by atoms with Gasteiger partial charge in [-0.25, -0.2) is 8.78 Å².